The van der Waals surface area contributed by atoms with Crippen molar-refractivity contribution in [1.82, 2.24) is 9.62 Å². The standard InChI is InChI=1S/C39H54ClN3O7S/c1-25-7-5-9-32(37-49-23-39(21-44,24-50-37)42(3)4)31-13-10-29(31)19-43-20-38(16-6-8-27-17-30(40)12-14-33(27)38)22-48-35-15-11-28(18-34(35)43)36(45)41-51(46,47)26(25)2/h11-12,14-15,17-18,25-26,29,31-32,37,44H,5-10,13,16,19-24H2,1-4H3,(H,41,45)/t25-,26+,29-,31+,32+,37-,38-,39-/m0/s1. The monoisotopic (exact) mass is 743 g/mol. The number of carbonyl (C=O) groups excluding carboxylic acids is 1. The molecule has 1 saturated carbocycles. The summed E-state index contributed by atoms with van der Waals surface area (Å²) in [6.45, 7) is 6.32. The van der Waals surface area contributed by atoms with E-state index in [0.717, 1.165) is 62.2 Å². The van der Waals surface area contributed by atoms with E-state index in [9.17, 15) is 18.3 Å². The van der Waals surface area contributed by atoms with Gasteiger partial charge in [0.25, 0.3) is 5.91 Å². The van der Waals surface area contributed by atoms with Gasteiger partial charge in [-0.3, -0.25) is 9.69 Å². The van der Waals surface area contributed by atoms with Crippen LogP contribution in [-0.4, -0.2) is 95.0 Å². The van der Waals surface area contributed by atoms with Crippen LogP contribution in [0.4, 0.5) is 5.69 Å². The average molecular weight is 744 g/mol. The number of aliphatic hydroxyl groups is 1. The highest BCUT2D eigenvalue weighted by Crippen LogP contribution is 2.49. The number of halogens is 1. The van der Waals surface area contributed by atoms with E-state index in [1.165, 1.54) is 11.1 Å². The van der Waals surface area contributed by atoms with E-state index in [-0.39, 0.29) is 23.9 Å². The van der Waals surface area contributed by atoms with Gasteiger partial charge in [0.2, 0.25) is 10.0 Å². The smallest absolute Gasteiger partial charge is 0.264 e. The maximum absolute atomic E-state index is 13.6. The summed E-state index contributed by atoms with van der Waals surface area (Å²) in [4.78, 5) is 18.0. The van der Waals surface area contributed by atoms with Crippen LogP contribution in [0.15, 0.2) is 36.4 Å². The van der Waals surface area contributed by atoms with Crippen LogP contribution in [-0.2, 0) is 31.3 Å². The molecule has 6 atom stereocenters. The number of hydrogen-bond acceptors (Lipinski definition) is 9. The zero-order chi connectivity index (χ0) is 36.1. The van der Waals surface area contributed by atoms with Crippen LogP contribution in [0.5, 0.6) is 5.75 Å². The molecule has 2 aromatic carbocycles. The molecule has 1 saturated heterocycles. The zero-order valence-corrected chi connectivity index (χ0v) is 32.0. The van der Waals surface area contributed by atoms with E-state index in [2.05, 4.69) is 21.8 Å². The highest BCUT2D eigenvalue weighted by molar-refractivity contribution is 7.90. The number of aliphatic hydroxyl groups excluding tert-OH is 1. The number of hydrogen-bond donors (Lipinski definition) is 2. The molecule has 7 rings (SSSR count). The van der Waals surface area contributed by atoms with Gasteiger partial charge in [-0.1, -0.05) is 31.0 Å². The SMILES string of the molecule is C[C@@H]1[C@@H](C)CCC[C@@H]([C@H]2OC[C@](CO)(N(C)C)CO2)[C@@H]2CC[C@H]2CN2C[C@@]3(CCCc4cc(Cl)ccc43)COc3ccc(cc32)C(=O)NS1(=O)=O. The lowest BCUT2D eigenvalue weighted by Gasteiger charge is -2.50. The number of anilines is 1. The van der Waals surface area contributed by atoms with Crippen LogP contribution in [0.1, 0.15) is 80.3 Å². The summed E-state index contributed by atoms with van der Waals surface area (Å²) >= 11 is 6.47. The molecule has 2 aliphatic carbocycles. The second-order valence-electron chi connectivity index (χ2n) is 16.3. The third-order valence-electron chi connectivity index (χ3n) is 13.1. The Labute approximate surface area is 308 Å². The molecule has 2 bridgehead atoms. The quantitative estimate of drug-likeness (QED) is 0.427. The molecule has 2 aromatic rings. The first-order chi connectivity index (χ1) is 24.3. The number of sulfonamides is 1. The molecule has 0 aromatic heterocycles. The average Bonchev–Trinajstić information content (AvgIpc) is 3.25. The Kier molecular flexibility index (Phi) is 10.5. The molecule has 0 radical (unpaired) electrons. The van der Waals surface area contributed by atoms with Crippen molar-refractivity contribution in [1.29, 1.82) is 0 Å². The number of ether oxygens (including phenoxy) is 3. The number of amides is 1. The normalized spacial score (nSPS) is 35.5. The van der Waals surface area contributed by atoms with Crippen LogP contribution in [0.25, 0.3) is 0 Å². The van der Waals surface area contributed by atoms with Crippen molar-refractivity contribution in [2.75, 3.05) is 58.5 Å². The van der Waals surface area contributed by atoms with Gasteiger partial charge in [-0.05, 0) is 125 Å². The highest BCUT2D eigenvalue weighted by atomic mass is 35.5. The Balaban J connectivity index is 1.26. The summed E-state index contributed by atoms with van der Waals surface area (Å²) in [5.41, 5.74) is 2.78. The lowest BCUT2D eigenvalue weighted by molar-refractivity contribution is -0.267. The minimum Gasteiger partial charge on any atom is -0.490 e. The minimum atomic E-state index is -3.94. The summed E-state index contributed by atoms with van der Waals surface area (Å²) < 4.78 is 49.1. The van der Waals surface area contributed by atoms with Gasteiger partial charge >= 0.3 is 0 Å². The van der Waals surface area contributed by atoms with Crippen molar-refractivity contribution in [3.63, 3.8) is 0 Å². The number of benzene rings is 2. The van der Waals surface area contributed by atoms with E-state index in [1.54, 1.807) is 13.0 Å². The second-order valence-corrected chi connectivity index (χ2v) is 18.8. The molecule has 12 heteroatoms. The van der Waals surface area contributed by atoms with Gasteiger partial charge in [0.15, 0.2) is 6.29 Å². The molecule has 0 unspecified atom stereocenters. The van der Waals surface area contributed by atoms with E-state index < -0.39 is 33.0 Å². The topological polar surface area (TPSA) is 118 Å². The van der Waals surface area contributed by atoms with Crippen molar-refractivity contribution in [3.8, 4) is 5.75 Å². The predicted octanol–water partition coefficient (Wildman–Crippen LogP) is 5.39. The number of fused-ring (bicyclic) bond motifs is 4. The molecule has 10 nitrogen and oxygen atoms in total. The third kappa shape index (κ3) is 7.03. The highest BCUT2D eigenvalue weighted by Gasteiger charge is 2.48. The fraction of sp³-hybridized carbons (Fsp3) is 0.667. The Hall–Kier alpha value is -2.41. The summed E-state index contributed by atoms with van der Waals surface area (Å²) in [5, 5.41) is 10.3. The lowest BCUT2D eigenvalue weighted by atomic mass is 9.64. The molecule has 1 spiro atoms. The van der Waals surface area contributed by atoms with Gasteiger partial charge in [0, 0.05) is 35.0 Å². The summed E-state index contributed by atoms with van der Waals surface area (Å²) in [6, 6.07) is 11.5. The molecule has 51 heavy (non-hydrogen) atoms. The van der Waals surface area contributed by atoms with Gasteiger partial charge in [-0.25, -0.2) is 13.1 Å². The Morgan fingerprint density at radius 2 is 1.78 bits per heavy atom. The van der Waals surface area contributed by atoms with Gasteiger partial charge in [-0.2, -0.15) is 0 Å². The minimum absolute atomic E-state index is 0.0562. The van der Waals surface area contributed by atoms with Gasteiger partial charge in [0.05, 0.1) is 42.9 Å². The molecule has 2 fully saturated rings. The lowest BCUT2D eigenvalue weighted by Crippen LogP contribution is -2.60. The van der Waals surface area contributed by atoms with Crippen molar-refractivity contribution >= 4 is 33.2 Å². The summed E-state index contributed by atoms with van der Waals surface area (Å²) in [7, 11) is -0.0537. The number of nitrogens with one attached hydrogen (secondary N) is 1. The first-order valence-corrected chi connectivity index (χ1v) is 20.7. The van der Waals surface area contributed by atoms with Crippen molar-refractivity contribution in [2.24, 2.45) is 23.7 Å². The summed E-state index contributed by atoms with van der Waals surface area (Å²) in [5.74, 6) is 0.739. The largest absolute Gasteiger partial charge is 0.490 e. The van der Waals surface area contributed by atoms with Crippen LogP contribution >= 0.6 is 11.6 Å². The summed E-state index contributed by atoms with van der Waals surface area (Å²) in [6.07, 6.45) is 7.04. The van der Waals surface area contributed by atoms with Crippen LogP contribution in [0, 0.1) is 23.7 Å². The number of nitrogens with zero attached hydrogens (tertiary/aromatic N) is 2. The zero-order valence-electron chi connectivity index (χ0n) is 30.4. The van der Waals surface area contributed by atoms with Gasteiger partial charge in [-0.15, -0.1) is 0 Å². The first kappa shape index (κ1) is 36.9. The van der Waals surface area contributed by atoms with Crippen molar-refractivity contribution in [2.45, 2.75) is 87.7 Å². The second kappa shape index (κ2) is 14.4. The van der Waals surface area contributed by atoms with E-state index in [1.807, 2.05) is 44.1 Å². The maximum Gasteiger partial charge on any atom is 0.264 e. The molecule has 1 amide bonds. The van der Waals surface area contributed by atoms with E-state index in [4.69, 9.17) is 25.8 Å². The van der Waals surface area contributed by atoms with Crippen molar-refractivity contribution < 1.29 is 32.5 Å². The van der Waals surface area contributed by atoms with Gasteiger partial charge in [0.1, 0.15) is 5.75 Å². The fourth-order valence-corrected chi connectivity index (χ4v) is 10.8. The Bertz CT molecular complexity index is 1710. The number of likely N-dealkylation sites (N-methyl/N-ethyl adjacent to an activating group) is 1. The molecular weight excluding hydrogens is 690 g/mol. The molecular formula is C39H54ClN3O7S. The maximum atomic E-state index is 13.6. The first-order valence-electron chi connectivity index (χ1n) is 18.7. The third-order valence-corrected chi connectivity index (χ3v) is 15.3. The molecule has 5 aliphatic rings. The van der Waals surface area contributed by atoms with Crippen LogP contribution in [0.2, 0.25) is 5.02 Å². The van der Waals surface area contributed by atoms with Crippen LogP contribution < -0.4 is 14.4 Å². The molecule has 280 valence electrons. The van der Waals surface area contributed by atoms with E-state index >= 15 is 0 Å². The number of rotatable bonds is 3. The fourth-order valence-electron chi connectivity index (χ4n) is 9.28. The van der Waals surface area contributed by atoms with Crippen molar-refractivity contribution in [3.05, 3.63) is 58.1 Å². The number of aryl methyl sites for hydroxylation is 1. The molecule has 3 heterocycles. The van der Waals surface area contributed by atoms with Crippen LogP contribution in [0.3, 0.4) is 0 Å². The predicted molar refractivity (Wildman–Crippen MR) is 198 cm³/mol. The Morgan fingerprint density at radius 1 is 1.00 bits per heavy atom. The molecule has 3 aliphatic heterocycles. The number of carbonyl (C=O) groups is 1. The Morgan fingerprint density at radius 3 is 2.49 bits per heavy atom. The van der Waals surface area contributed by atoms with E-state index in [0.29, 0.717) is 55.9 Å². The van der Waals surface area contributed by atoms with Gasteiger partial charge < -0.3 is 24.2 Å². The molecule has 2 N–H and O–H groups in total.